The van der Waals surface area contributed by atoms with Crippen LogP contribution in [0.2, 0.25) is 4.71 Å². The number of alkyl halides is 3. The predicted octanol–water partition coefficient (Wildman–Crippen LogP) is 2.11. The second kappa shape index (κ2) is 7.77. The summed E-state index contributed by atoms with van der Waals surface area (Å²) in [6, 6.07) is 1.23. The van der Waals surface area contributed by atoms with Crippen LogP contribution in [0.4, 0.5) is 26.3 Å². The molecule has 1 aromatic heterocycles. The Morgan fingerprint density at radius 3 is 2.46 bits per heavy atom. The van der Waals surface area contributed by atoms with E-state index >= 15 is 0 Å². The Bertz CT molecular complexity index is 900. The Balaban J connectivity index is 1.63. The summed E-state index contributed by atoms with van der Waals surface area (Å²) >= 11 is 1.12. The molecule has 1 amide bonds. The van der Waals surface area contributed by atoms with Crippen molar-refractivity contribution in [2.24, 2.45) is 0 Å². The zero-order valence-corrected chi connectivity index (χ0v) is 16.7. The monoisotopic (exact) mass is 468 g/mol. The minimum absolute atomic E-state index is 0.00129. The Labute approximate surface area is 164 Å². The first kappa shape index (κ1) is 20.7. The van der Waals surface area contributed by atoms with Crippen molar-refractivity contribution < 1.29 is 31.1 Å². The molecule has 12 heteroatoms. The molecule has 1 aliphatic rings. The second-order valence-electron chi connectivity index (χ2n) is 6.43. The molecule has 0 N–H and O–H groups in total. The molecular formula is C16H15AsF6N4O. The van der Waals surface area contributed by atoms with Gasteiger partial charge in [-0.15, -0.1) is 0 Å². The number of nitrogens with zero attached hydrogens (tertiary/aromatic N) is 4. The van der Waals surface area contributed by atoms with Gasteiger partial charge in [0.05, 0.1) is 0 Å². The molecule has 5 nitrogen and oxygen atoms in total. The van der Waals surface area contributed by atoms with Crippen molar-refractivity contribution in [1.82, 2.24) is 19.7 Å². The molecule has 0 saturated heterocycles. The summed E-state index contributed by atoms with van der Waals surface area (Å²) in [6.07, 6.45) is -4.58. The van der Waals surface area contributed by atoms with Crippen molar-refractivity contribution in [3.8, 4) is 0 Å². The maximum atomic E-state index is 13.7. The van der Waals surface area contributed by atoms with Gasteiger partial charge in [0.15, 0.2) is 0 Å². The van der Waals surface area contributed by atoms with Gasteiger partial charge in [-0.2, -0.15) is 0 Å². The third-order valence-corrected chi connectivity index (χ3v) is 5.36. The number of halogens is 6. The van der Waals surface area contributed by atoms with Crippen molar-refractivity contribution >= 4 is 22.8 Å². The van der Waals surface area contributed by atoms with Gasteiger partial charge in [0, 0.05) is 0 Å². The standard InChI is InChI=1S/C16H15AsF6N4O/c17-9(3-8-4-11(19)12(20)6-10(8)18)5-14(28)26-1-2-27-13(7-26)24-25-15(27)16(21,22)23/h4,6,9H,1-3,5,7,17H2/t9-/m1/s1. The van der Waals surface area contributed by atoms with Crippen molar-refractivity contribution in [3.05, 3.63) is 46.8 Å². The van der Waals surface area contributed by atoms with E-state index in [-0.39, 0.29) is 54.5 Å². The van der Waals surface area contributed by atoms with E-state index < -0.39 is 29.5 Å². The van der Waals surface area contributed by atoms with Crippen LogP contribution in [0.5, 0.6) is 0 Å². The van der Waals surface area contributed by atoms with Gasteiger partial charge in [0.25, 0.3) is 0 Å². The van der Waals surface area contributed by atoms with Crippen LogP contribution in [0.3, 0.4) is 0 Å². The third kappa shape index (κ3) is 4.34. The summed E-state index contributed by atoms with van der Waals surface area (Å²) in [7, 11) is 0. The topological polar surface area (TPSA) is 51.0 Å². The molecule has 2 heterocycles. The SMILES string of the molecule is O=C(C[C@H]([AsH2])Cc1cc(F)c(F)cc1F)N1CCn2c(nnc2C(F)(F)F)C1. The molecule has 0 saturated carbocycles. The summed E-state index contributed by atoms with van der Waals surface area (Å²) in [5.41, 5.74) is -0.0331. The predicted molar refractivity (Wildman–Crippen MR) is 87.4 cm³/mol. The molecule has 0 bridgehead atoms. The first-order valence-electron chi connectivity index (χ1n) is 8.22. The van der Waals surface area contributed by atoms with Crippen molar-refractivity contribution in [1.29, 1.82) is 0 Å². The molecule has 152 valence electrons. The van der Waals surface area contributed by atoms with Crippen LogP contribution in [-0.2, 0) is 30.5 Å². The second-order valence-corrected chi connectivity index (χ2v) is 8.41. The van der Waals surface area contributed by atoms with Crippen molar-refractivity contribution in [2.45, 2.75) is 36.8 Å². The Hall–Kier alpha value is -2.03. The van der Waals surface area contributed by atoms with Crippen molar-refractivity contribution in [3.63, 3.8) is 0 Å². The van der Waals surface area contributed by atoms with E-state index in [4.69, 9.17) is 0 Å². The number of carbonyl (C=O) groups excluding carboxylic acids is 1. The first-order chi connectivity index (χ1) is 13.1. The number of rotatable bonds is 4. The molecule has 0 fully saturated rings. The minimum atomic E-state index is -4.62. The summed E-state index contributed by atoms with van der Waals surface area (Å²) in [4.78, 5) is 13.8. The van der Waals surface area contributed by atoms with E-state index in [2.05, 4.69) is 10.2 Å². The van der Waals surface area contributed by atoms with Gasteiger partial charge in [-0.3, -0.25) is 0 Å². The van der Waals surface area contributed by atoms with E-state index in [1.54, 1.807) is 0 Å². The van der Waals surface area contributed by atoms with Gasteiger partial charge in [-0.1, -0.05) is 0 Å². The van der Waals surface area contributed by atoms with Crippen LogP contribution in [0, 0.1) is 17.5 Å². The molecule has 2 atom stereocenters. The number of hydrogen-bond donors (Lipinski definition) is 0. The summed E-state index contributed by atoms with van der Waals surface area (Å²) in [6.45, 7) is -0.131. The van der Waals surface area contributed by atoms with Crippen LogP contribution in [-0.4, -0.2) is 49.0 Å². The van der Waals surface area contributed by atoms with Crippen LogP contribution >= 0.6 is 0 Å². The van der Waals surface area contributed by atoms with Gasteiger partial charge < -0.3 is 0 Å². The Kier molecular flexibility index (Phi) is 5.74. The van der Waals surface area contributed by atoms with E-state index in [9.17, 15) is 31.1 Å². The quantitative estimate of drug-likeness (QED) is 0.393. The number of carbonyl (C=O) groups is 1. The van der Waals surface area contributed by atoms with Crippen molar-refractivity contribution in [2.75, 3.05) is 6.54 Å². The van der Waals surface area contributed by atoms with Crippen LogP contribution in [0.1, 0.15) is 23.6 Å². The van der Waals surface area contributed by atoms with Gasteiger partial charge in [0.1, 0.15) is 0 Å². The van der Waals surface area contributed by atoms with Gasteiger partial charge in [-0.25, -0.2) is 0 Å². The summed E-state index contributed by atoms with van der Waals surface area (Å²) in [5, 5.41) is 6.66. The molecule has 1 aromatic carbocycles. The average molecular weight is 468 g/mol. The molecule has 1 aliphatic heterocycles. The normalized spacial score (nSPS) is 15.5. The Morgan fingerprint density at radius 1 is 1.11 bits per heavy atom. The van der Waals surface area contributed by atoms with E-state index in [1.165, 1.54) is 4.90 Å². The number of aromatic nitrogens is 3. The van der Waals surface area contributed by atoms with E-state index in [1.807, 2.05) is 0 Å². The van der Waals surface area contributed by atoms with Crippen LogP contribution < -0.4 is 0 Å². The summed E-state index contributed by atoms with van der Waals surface area (Å²) in [5.74, 6) is -4.74. The van der Waals surface area contributed by atoms with Gasteiger partial charge in [-0.05, 0) is 0 Å². The molecule has 0 spiro atoms. The molecule has 1 unspecified atom stereocenters. The van der Waals surface area contributed by atoms with E-state index in [0.29, 0.717) is 6.07 Å². The molecular weight excluding hydrogens is 453 g/mol. The first-order valence-corrected chi connectivity index (χ1v) is 9.62. The van der Waals surface area contributed by atoms with Crippen LogP contribution in [0.25, 0.3) is 0 Å². The Morgan fingerprint density at radius 2 is 1.79 bits per heavy atom. The number of amides is 1. The number of benzene rings is 1. The average Bonchev–Trinajstić information content (AvgIpc) is 3.03. The van der Waals surface area contributed by atoms with Crippen LogP contribution in [0.15, 0.2) is 12.1 Å². The third-order valence-electron chi connectivity index (χ3n) is 4.37. The molecule has 3 rings (SSSR count). The van der Waals surface area contributed by atoms with Gasteiger partial charge in [0.2, 0.25) is 0 Å². The molecule has 0 radical (unpaired) electrons. The summed E-state index contributed by atoms with van der Waals surface area (Å²) < 4.78 is 79.2. The maximum absolute atomic E-state index is 13.7. The molecule has 28 heavy (non-hydrogen) atoms. The number of fused-ring (bicyclic) bond motifs is 1. The van der Waals surface area contributed by atoms with E-state index in [0.717, 1.165) is 27.5 Å². The fourth-order valence-corrected chi connectivity index (χ4v) is 3.96. The fourth-order valence-electron chi connectivity index (χ4n) is 3.01. The zero-order valence-electron chi connectivity index (χ0n) is 14.3. The fraction of sp³-hybridized carbons (Fsp3) is 0.438. The zero-order chi connectivity index (χ0) is 20.6. The molecule has 2 aromatic rings. The molecule has 0 aliphatic carbocycles. The number of hydrogen-bond acceptors (Lipinski definition) is 3. The van der Waals surface area contributed by atoms with Gasteiger partial charge >= 0.3 is 164 Å².